The minimum atomic E-state index is -1.01. The van der Waals surface area contributed by atoms with Crippen molar-refractivity contribution in [2.45, 2.75) is 32.7 Å². The van der Waals surface area contributed by atoms with Gasteiger partial charge in [0.05, 0.1) is 40.4 Å². The molecule has 1 aliphatic rings. The molecule has 0 saturated heterocycles. The molecule has 2 aromatic heterocycles. The predicted octanol–water partition coefficient (Wildman–Crippen LogP) is 5.42. The van der Waals surface area contributed by atoms with E-state index in [9.17, 15) is 19.3 Å². The van der Waals surface area contributed by atoms with E-state index >= 15 is 0 Å². The molecule has 5 rings (SSSR count). The average molecular weight is 514 g/mol. The maximum absolute atomic E-state index is 14.2. The molecule has 0 radical (unpaired) electrons. The number of benzene rings is 2. The highest BCUT2D eigenvalue weighted by Gasteiger charge is 2.22. The number of anilines is 2. The molecule has 2 aromatic carbocycles. The monoisotopic (exact) mass is 513 g/mol. The molecule has 38 heavy (non-hydrogen) atoms. The van der Waals surface area contributed by atoms with Gasteiger partial charge >= 0.3 is 5.69 Å². The van der Waals surface area contributed by atoms with Crippen LogP contribution in [0.3, 0.4) is 0 Å². The third kappa shape index (κ3) is 4.54. The number of nitro groups is 1. The normalized spacial score (nSPS) is 12.9. The number of hydrogen-bond acceptors (Lipinski definition) is 7. The molecule has 3 heterocycles. The standard InChI is InChI=1S/C28H24FN5O4/c1-3-17(16-35)9-10-19-14-30-28(31-23-13-24(34(36)37)22(29)12-25(23)38-2)32-26(19)21-15-33-11-5-7-18-6-4-8-20(21)27(18)33/h4,6,8,12-17H,3,5,7,11H2,1-2H3,(H,30,31,32). The highest BCUT2D eigenvalue weighted by molar-refractivity contribution is 5.98. The van der Waals surface area contributed by atoms with E-state index in [2.05, 4.69) is 32.8 Å². The van der Waals surface area contributed by atoms with Crippen LogP contribution < -0.4 is 10.1 Å². The zero-order valence-corrected chi connectivity index (χ0v) is 20.8. The van der Waals surface area contributed by atoms with Crippen LogP contribution in [0.25, 0.3) is 22.2 Å². The van der Waals surface area contributed by atoms with Gasteiger partial charge in [0.1, 0.15) is 12.0 Å². The Bertz CT molecular complexity index is 1640. The number of halogens is 1. The summed E-state index contributed by atoms with van der Waals surface area (Å²) >= 11 is 0. The number of para-hydroxylation sites is 1. The second-order valence-electron chi connectivity index (χ2n) is 8.92. The molecule has 192 valence electrons. The quantitative estimate of drug-likeness (QED) is 0.152. The minimum absolute atomic E-state index is 0.0611. The molecule has 1 unspecified atom stereocenters. The molecule has 10 heteroatoms. The smallest absolute Gasteiger partial charge is 0.307 e. The Morgan fingerprint density at radius 2 is 2.21 bits per heavy atom. The topological polar surface area (TPSA) is 112 Å². The lowest BCUT2D eigenvalue weighted by atomic mass is 10.0. The molecule has 1 aliphatic heterocycles. The van der Waals surface area contributed by atoms with Gasteiger partial charge in [-0.25, -0.2) is 9.97 Å². The number of aromatic nitrogens is 3. The summed E-state index contributed by atoms with van der Waals surface area (Å²) in [6.07, 6.45) is 7.02. The molecule has 0 saturated carbocycles. The molecule has 1 atom stereocenters. The predicted molar refractivity (Wildman–Crippen MR) is 141 cm³/mol. The van der Waals surface area contributed by atoms with E-state index in [0.717, 1.165) is 54.3 Å². The Labute approximate surface area is 217 Å². The summed E-state index contributed by atoms with van der Waals surface area (Å²) in [5.74, 6) is 4.82. The number of aryl methyl sites for hydroxylation is 2. The largest absolute Gasteiger partial charge is 0.494 e. The lowest BCUT2D eigenvalue weighted by Gasteiger charge is -2.14. The highest BCUT2D eigenvalue weighted by atomic mass is 19.1. The number of aldehydes is 1. The van der Waals surface area contributed by atoms with Gasteiger partial charge < -0.3 is 19.4 Å². The number of methoxy groups -OCH3 is 1. The van der Waals surface area contributed by atoms with Gasteiger partial charge in [-0.3, -0.25) is 10.1 Å². The van der Waals surface area contributed by atoms with E-state index in [1.807, 2.05) is 25.3 Å². The Balaban J connectivity index is 1.66. The second-order valence-corrected chi connectivity index (χ2v) is 8.92. The van der Waals surface area contributed by atoms with Crippen LogP contribution in [0.15, 0.2) is 42.7 Å². The van der Waals surface area contributed by atoms with Gasteiger partial charge in [-0.2, -0.15) is 4.39 Å². The number of nitrogens with zero attached hydrogens (tertiary/aromatic N) is 4. The van der Waals surface area contributed by atoms with Gasteiger partial charge in [0.25, 0.3) is 0 Å². The number of carbonyl (C=O) groups excluding carboxylic acids is 1. The van der Waals surface area contributed by atoms with Crippen LogP contribution in [-0.2, 0) is 17.8 Å². The first-order chi connectivity index (χ1) is 18.4. The molecule has 9 nitrogen and oxygen atoms in total. The third-order valence-corrected chi connectivity index (χ3v) is 6.58. The van der Waals surface area contributed by atoms with Crippen LogP contribution in [0.2, 0.25) is 0 Å². The Morgan fingerprint density at radius 3 is 2.95 bits per heavy atom. The Kier molecular flexibility index (Phi) is 6.75. The molecule has 0 amide bonds. The van der Waals surface area contributed by atoms with Crippen molar-refractivity contribution in [3.63, 3.8) is 0 Å². The fourth-order valence-corrected chi connectivity index (χ4v) is 4.66. The first-order valence-electron chi connectivity index (χ1n) is 12.2. The fraction of sp³-hybridized carbons (Fsp3) is 0.250. The van der Waals surface area contributed by atoms with E-state index in [1.54, 1.807) is 6.20 Å². The highest BCUT2D eigenvalue weighted by Crippen LogP contribution is 2.37. The van der Waals surface area contributed by atoms with Crippen molar-refractivity contribution in [2.75, 3.05) is 12.4 Å². The Hall–Kier alpha value is -4.78. The summed E-state index contributed by atoms with van der Waals surface area (Å²) in [4.78, 5) is 30.9. The average Bonchev–Trinajstić information content (AvgIpc) is 3.30. The SMILES string of the molecule is CCC(C#Cc1cnc(Nc2cc([N+](=O)[O-])c(F)cc2OC)nc1-c1cn2c3c(cccc13)CCC2)C=O. The van der Waals surface area contributed by atoms with E-state index < -0.39 is 22.3 Å². The van der Waals surface area contributed by atoms with Crippen LogP contribution in [-0.4, -0.2) is 32.9 Å². The second kappa shape index (κ2) is 10.3. The summed E-state index contributed by atoms with van der Waals surface area (Å²) < 4.78 is 21.6. The van der Waals surface area contributed by atoms with Crippen molar-refractivity contribution in [3.8, 4) is 28.8 Å². The molecule has 4 aromatic rings. The van der Waals surface area contributed by atoms with Crippen molar-refractivity contribution in [1.82, 2.24) is 14.5 Å². The Morgan fingerprint density at radius 1 is 1.37 bits per heavy atom. The van der Waals surface area contributed by atoms with Crippen LogP contribution in [0.1, 0.15) is 30.9 Å². The number of hydrogen-bond donors (Lipinski definition) is 1. The number of carbonyl (C=O) groups is 1. The van der Waals surface area contributed by atoms with Crippen LogP contribution >= 0.6 is 0 Å². The fourth-order valence-electron chi connectivity index (χ4n) is 4.66. The van der Waals surface area contributed by atoms with E-state index in [-0.39, 0.29) is 17.4 Å². The maximum Gasteiger partial charge on any atom is 0.307 e. The van der Waals surface area contributed by atoms with Crippen LogP contribution in [0.4, 0.5) is 21.7 Å². The van der Waals surface area contributed by atoms with Crippen molar-refractivity contribution in [3.05, 3.63) is 69.8 Å². The summed E-state index contributed by atoms with van der Waals surface area (Å²) in [5.41, 5.74) is 3.79. The van der Waals surface area contributed by atoms with Gasteiger partial charge in [0.15, 0.2) is 0 Å². The van der Waals surface area contributed by atoms with Gasteiger partial charge in [-0.1, -0.05) is 37.0 Å². The molecule has 0 fully saturated rings. The molecule has 0 aliphatic carbocycles. The van der Waals surface area contributed by atoms with Crippen molar-refractivity contribution >= 4 is 34.5 Å². The van der Waals surface area contributed by atoms with E-state index in [4.69, 9.17) is 9.72 Å². The van der Waals surface area contributed by atoms with Crippen molar-refractivity contribution in [1.29, 1.82) is 0 Å². The third-order valence-electron chi connectivity index (χ3n) is 6.58. The van der Waals surface area contributed by atoms with E-state index in [0.29, 0.717) is 17.7 Å². The first-order valence-corrected chi connectivity index (χ1v) is 12.2. The van der Waals surface area contributed by atoms with Gasteiger partial charge in [-0.05, 0) is 24.8 Å². The van der Waals surface area contributed by atoms with Gasteiger partial charge in [-0.15, -0.1) is 0 Å². The number of rotatable bonds is 7. The molecular formula is C28H24FN5O4. The number of ether oxygens (including phenoxy) is 1. The summed E-state index contributed by atoms with van der Waals surface area (Å²) in [5, 5.41) is 15.3. The number of nitro benzene ring substituents is 1. The molecule has 0 bridgehead atoms. The maximum atomic E-state index is 14.2. The van der Waals surface area contributed by atoms with Gasteiger partial charge in [0.2, 0.25) is 11.8 Å². The molecular weight excluding hydrogens is 489 g/mol. The first kappa shape index (κ1) is 24.9. The van der Waals surface area contributed by atoms with E-state index in [1.165, 1.54) is 12.7 Å². The molecule has 1 N–H and O–H groups in total. The summed E-state index contributed by atoms with van der Waals surface area (Å²) in [6.45, 7) is 2.77. The zero-order valence-electron chi connectivity index (χ0n) is 20.8. The zero-order chi connectivity index (χ0) is 26.8. The van der Waals surface area contributed by atoms with Crippen molar-refractivity contribution < 1.29 is 18.8 Å². The van der Waals surface area contributed by atoms with Crippen LogP contribution in [0.5, 0.6) is 5.75 Å². The lowest BCUT2D eigenvalue weighted by Crippen LogP contribution is -2.05. The number of nitrogens with one attached hydrogen (secondary N) is 1. The lowest BCUT2D eigenvalue weighted by molar-refractivity contribution is -0.387. The van der Waals surface area contributed by atoms with Gasteiger partial charge in [0, 0.05) is 42.0 Å². The molecule has 0 spiro atoms. The van der Waals surface area contributed by atoms with Crippen LogP contribution in [0, 0.1) is 33.7 Å². The summed E-state index contributed by atoms with van der Waals surface area (Å²) in [7, 11) is 1.34. The van der Waals surface area contributed by atoms with Crippen molar-refractivity contribution in [2.24, 2.45) is 5.92 Å². The summed E-state index contributed by atoms with van der Waals surface area (Å²) in [6, 6.07) is 8.16. The minimum Gasteiger partial charge on any atom is -0.494 e.